The molecule has 1 unspecified atom stereocenters. The number of hydrogen-bond donors (Lipinski definition) is 0. The Morgan fingerprint density at radius 3 is 3.17 bits per heavy atom. The molecule has 1 fully saturated rings. The van der Waals surface area contributed by atoms with Crippen LogP contribution >= 0.6 is 0 Å². The van der Waals surface area contributed by atoms with Crippen LogP contribution in [-0.2, 0) is 9.47 Å². The van der Waals surface area contributed by atoms with Gasteiger partial charge < -0.3 is 0 Å². The fraction of sp³-hybridized carbons (Fsp3) is 0.778. The topological polar surface area (TPSA) is 18.5 Å². The number of rotatable bonds is 4. The summed E-state index contributed by atoms with van der Waals surface area (Å²) in [6.07, 6.45) is 8.63. The van der Waals surface area contributed by atoms with Crippen LogP contribution in [0.2, 0.25) is 5.32 Å². The van der Waals surface area contributed by atoms with E-state index in [0.717, 1.165) is 25.0 Å². The molecule has 0 bridgehead atoms. The van der Waals surface area contributed by atoms with E-state index < -0.39 is 0 Å². The summed E-state index contributed by atoms with van der Waals surface area (Å²) in [5, 5.41) is 1.00. The summed E-state index contributed by atoms with van der Waals surface area (Å²) in [6, 6.07) is 0. The van der Waals surface area contributed by atoms with Crippen molar-refractivity contribution in [3.63, 3.8) is 0 Å². The van der Waals surface area contributed by atoms with Crippen LogP contribution in [0.1, 0.15) is 19.3 Å². The van der Waals surface area contributed by atoms with Gasteiger partial charge in [0.15, 0.2) is 0 Å². The quantitative estimate of drug-likeness (QED) is 0.413. The Bertz CT molecular complexity index is 147. The van der Waals surface area contributed by atoms with Crippen LogP contribution in [0, 0.1) is 11.2 Å². The molecule has 1 aliphatic heterocycles. The molecule has 0 aromatic heterocycles. The summed E-state index contributed by atoms with van der Waals surface area (Å²) < 4.78 is 10.9. The van der Waals surface area contributed by atoms with Gasteiger partial charge in [-0.25, -0.2) is 0 Å². The van der Waals surface area contributed by atoms with Crippen molar-refractivity contribution >= 4 is 15.0 Å². The Balaban J connectivity index is 1.95. The van der Waals surface area contributed by atoms with E-state index in [0.29, 0.717) is 15.0 Å². The summed E-state index contributed by atoms with van der Waals surface area (Å²) in [5.74, 6) is 0. The predicted octanol–water partition coefficient (Wildman–Crippen LogP) is 1.24. The van der Waals surface area contributed by atoms with E-state index in [1.54, 1.807) is 0 Å². The molecule has 0 amide bonds. The maximum atomic E-state index is 5.48. The van der Waals surface area contributed by atoms with E-state index in [9.17, 15) is 0 Å². The zero-order valence-electron chi connectivity index (χ0n) is 7.12. The molecule has 0 radical (unpaired) electrons. The molecule has 2 nitrogen and oxygen atoms in total. The molecule has 68 valence electrons. The van der Waals surface area contributed by atoms with Crippen molar-refractivity contribution in [1.29, 1.82) is 0 Å². The third-order valence-electron chi connectivity index (χ3n) is 1.71. The SMILES string of the molecule is C#C[Se]CCOC1CCCCO1. The van der Waals surface area contributed by atoms with Crippen LogP contribution in [0.15, 0.2) is 0 Å². The molecule has 0 spiro atoms. The average Bonchev–Trinajstić information content (AvgIpc) is 2.14. The van der Waals surface area contributed by atoms with E-state index in [-0.39, 0.29) is 6.29 Å². The second-order valence-electron chi connectivity index (χ2n) is 2.63. The Hall–Kier alpha value is -0.000519. The van der Waals surface area contributed by atoms with Crippen molar-refractivity contribution in [2.75, 3.05) is 13.2 Å². The normalized spacial score (nSPS) is 23.4. The van der Waals surface area contributed by atoms with Crippen LogP contribution in [0.25, 0.3) is 0 Å². The standard InChI is InChI=1S/C9H14O2Se/c1-2-12-8-7-11-9-5-3-4-6-10-9/h1,9H,3-8H2. The molecular weight excluding hydrogens is 219 g/mol. The molecule has 0 saturated carbocycles. The van der Waals surface area contributed by atoms with Crippen molar-refractivity contribution in [2.45, 2.75) is 30.9 Å². The molecule has 1 heterocycles. The van der Waals surface area contributed by atoms with Gasteiger partial charge in [0.25, 0.3) is 0 Å². The Morgan fingerprint density at radius 1 is 1.58 bits per heavy atom. The monoisotopic (exact) mass is 234 g/mol. The number of terminal acetylenes is 1. The molecule has 0 N–H and O–H groups in total. The molecule has 0 aromatic rings. The van der Waals surface area contributed by atoms with Gasteiger partial charge in [-0.3, -0.25) is 0 Å². The third-order valence-corrected chi connectivity index (χ3v) is 2.84. The second-order valence-corrected chi connectivity index (χ2v) is 4.59. The minimum absolute atomic E-state index is 0.0484. The van der Waals surface area contributed by atoms with Crippen LogP contribution < -0.4 is 0 Å². The first-order valence-corrected chi connectivity index (χ1v) is 6.31. The summed E-state index contributed by atoms with van der Waals surface area (Å²) >= 11 is 0.314. The molecule has 0 aromatic carbocycles. The van der Waals surface area contributed by atoms with Crippen LogP contribution in [0.5, 0.6) is 0 Å². The van der Waals surface area contributed by atoms with Crippen molar-refractivity contribution in [2.24, 2.45) is 0 Å². The Morgan fingerprint density at radius 2 is 2.50 bits per heavy atom. The molecule has 1 rings (SSSR count). The van der Waals surface area contributed by atoms with Gasteiger partial charge in [-0.15, -0.1) is 0 Å². The van der Waals surface area contributed by atoms with Gasteiger partial charge in [0, 0.05) is 0 Å². The van der Waals surface area contributed by atoms with Crippen LogP contribution in [0.3, 0.4) is 0 Å². The van der Waals surface area contributed by atoms with Gasteiger partial charge in [0.1, 0.15) is 0 Å². The molecular formula is C9H14O2Se. The van der Waals surface area contributed by atoms with E-state index in [1.165, 1.54) is 12.8 Å². The average molecular weight is 233 g/mol. The fourth-order valence-corrected chi connectivity index (χ4v) is 1.75. The zero-order valence-corrected chi connectivity index (χ0v) is 8.84. The first-order valence-electron chi connectivity index (χ1n) is 4.24. The van der Waals surface area contributed by atoms with E-state index in [4.69, 9.17) is 15.9 Å². The molecule has 0 aliphatic carbocycles. The van der Waals surface area contributed by atoms with Crippen LogP contribution in [-0.4, -0.2) is 34.5 Å². The minimum atomic E-state index is 0.0484. The molecule has 1 saturated heterocycles. The van der Waals surface area contributed by atoms with Gasteiger partial charge in [-0.1, -0.05) is 0 Å². The molecule has 3 heteroatoms. The van der Waals surface area contributed by atoms with Gasteiger partial charge in [0.05, 0.1) is 0 Å². The zero-order chi connectivity index (χ0) is 8.65. The third kappa shape index (κ3) is 4.13. The van der Waals surface area contributed by atoms with Crippen molar-refractivity contribution in [3.05, 3.63) is 0 Å². The van der Waals surface area contributed by atoms with Gasteiger partial charge >= 0.3 is 79.8 Å². The van der Waals surface area contributed by atoms with Crippen molar-refractivity contribution < 1.29 is 9.47 Å². The molecule has 1 atom stereocenters. The fourth-order valence-electron chi connectivity index (χ4n) is 1.12. The number of hydrogen-bond acceptors (Lipinski definition) is 2. The second kappa shape index (κ2) is 6.51. The molecule has 12 heavy (non-hydrogen) atoms. The number of ether oxygens (including phenoxy) is 2. The first-order chi connectivity index (χ1) is 5.93. The van der Waals surface area contributed by atoms with Gasteiger partial charge in [0.2, 0.25) is 0 Å². The Labute approximate surface area is 80.2 Å². The van der Waals surface area contributed by atoms with Crippen molar-refractivity contribution in [1.82, 2.24) is 0 Å². The van der Waals surface area contributed by atoms with Gasteiger partial charge in [-0.2, -0.15) is 0 Å². The maximum absolute atomic E-state index is 5.48. The van der Waals surface area contributed by atoms with Crippen LogP contribution in [0.4, 0.5) is 0 Å². The first kappa shape index (κ1) is 10.1. The van der Waals surface area contributed by atoms with E-state index >= 15 is 0 Å². The summed E-state index contributed by atoms with van der Waals surface area (Å²) in [6.45, 7) is 1.61. The Kier molecular flexibility index (Phi) is 5.47. The summed E-state index contributed by atoms with van der Waals surface area (Å²) in [7, 11) is 0. The summed E-state index contributed by atoms with van der Waals surface area (Å²) in [4.78, 5) is 2.65. The van der Waals surface area contributed by atoms with Crippen molar-refractivity contribution in [3.8, 4) is 11.2 Å². The predicted molar refractivity (Wildman–Crippen MR) is 48.9 cm³/mol. The van der Waals surface area contributed by atoms with E-state index in [2.05, 4.69) is 4.82 Å². The molecule has 1 aliphatic rings. The van der Waals surface area contributed by atoms with Gasteiger partial charge in [-0.05, 0) is 0 Å². The van der Waals surface area contributed by atoms with E-state index in [1.807, 2.05) is 0 Å². The summed E-state index contributed by atoms with van der Waals surface area (Å²) in [5.41, 5.74) is 0.